The minimum Gasteiger partial charge on any atom is -0.497 e. The SMILES string of the molecule is COc1ccc(Oc2c(C)oc3cc(OCc4c(F)cccc4Cl)ccc3c2=O)cc1. The summed E-state index contributed by atoms with van der Waals surface area (Å²) in [5, 5.41) is 0.619. The molecule has 0 unspecified atom stereocenters. The molecule has 158 valence electrons. The van der Waals surface area contributed by atoms with E-state index in [0.29, 0.717) is 34.0 Å². The molecule has 4 rings (SSSR count). The average molecular weight is 441 g/mol. The third-order valence-electron chi connectivity index (χ3n) is 4.71. The van der Waals surface area contributed by atoms with Crippen molar-refractivity contribution >= 4 is 22.6 Å². The molecule has 4 aromatic rings. The average Bonchev–Trinajstić information content (AvgIpc) is 2.76. The van der Waals surface area contributed by atoms with Crippen LogP contribution in [0.3, 0.4) is 0 Å². The zero-order chi connectivity index (χ0) is 22.0. The van der Waals surface area contributed by atoms with Crippen LogP contribution < -0.4 is 19.6 Å². The molecule has 7 heteroatoms. The molecule has 0 amide bonds. The molecule has 31 heavy (non-hydrogen) atoms. The molecule has 5 nitrogen and oxygen atoms in total. The maximum absolute atomic E-state index is 13.9. The Morgan fingerprint density at radius 3 is 2.42 bits per heavy atom. The van der Waals surface area contributed by atoms with Crippen molar-refractivity contribution in [1.82, 2.24) is 0 Å². The molecule has 0 spiro atoms. The highest BCUT2D eigenvalue weighted by Gasteiger charge is 2.15. The van der Waals surface area contributed by atoms with Crippen LogP contribution in [0.15, 0.2) is 69.9 Å². The Balaban J connectivity index is 1.60. The van der Waals surface area contributed by atoms with Gasteiger partial charge in [0, 0.05) is 11.6 Å². The fourth-order valence-corrected chi connectivity index (χ4v) is 3.28. The Kier molecular flexibility index (Phi) is 5.82. The van der Waals surface area contributed by atoms with Gasteiger partial charge in [0.1, 0.15) is 41.0 Å². The lowest BCUT2D eigenvalue weighted by atomic mass is 10.2. The third-order valence-corrected chi connectivity index (χ3v) is 5.07. The molecule has 1 heterocycles. The molecule has 0 N–H and O–H groups in total. The first-order valence-electron chi connectivity index (χ1n) is 9.41. The van der Waals surface area contributed by atoms with Crippen LogP contribution in [-0.4, -0.2) is 7.11 Å². The lowest BCUT2D eigenvalue weighted by Crippen LogP contribution is -2.07. The minimum absolute atomic E-state index is 0.0567. The number of halogens is 2. The van der Waals surface area contributed by atoms with Crippen LogP contribution in [0.25, 0.3) is 11.0 Å². The first-order valence-corrected chi connectivity index (χ1v) is 9.79. The highest BCUT2D eigenvalue weighted by atomic mass is 35.5. The van der Waals surface area contributed by atoms with Gasteiger partial charge in [-0.15, -0.1) is 0 Å². The van der Waals surface area contributed by atoms with Gasteiger partial charge in [-0.2, -0.15) is 0 Å². The zero-order valence-corrected chi connectivity index (χ0v) is 17.5. The van der Waals surface area contributed by atoms with Gasteiger partial charge in [0.05, 0.1) is 17.5 Å². The van der Waals surface area contributed by atoms with Crippen LogP contribution in [0.4, 0.5) is 4.39 Å². The van der Waals surface area contributed by atoms with Gasteiger partial charge in [0.15, 0.2) is 0 Å². The summed E-state index contributed by atoms with van der Waals surface area (Å²) in [4.78, 5) is 12.9. The number of fused-ring (bicyclic) bond motifs is 1. The number of hydrogen-bond acceptors (Lipinski definition) is 5. The molecule has 0 saturated carbocycles. The number of ether oxygens (including phenoxy) is 3. The molecule has 3 aromatic carbocycles. The molecule has 0 radical (unpaired) electrons. The largest absolute Gasteiger partial charge is 0.497 e. The van der Waals surface area contributed by atoms with Gasteiger partial charge in [-0.3, -0.25) is 4.79 Å². The normalized spacial score (nSPS) is 10.8. The van der Waals surface area contributed by atoms with Gasteiger partial charge >= 0.3 is 0 Å². The standard InChI is InChI=1S/C24H18ClFO5/c1-14-24(31-16-8-6-15(28-2)7-9-16)23(27)18-11-10-17(12-22(18)30-14)29-13-19-20(25)4-3-5-21(19)26/h3-12H,13H2,1-2H3. The maximum atomic E-state index is 13.9. The molecule has 0 saturated heterocycles. The first-order chi connectivity index (χ1) is 15.0. The van der Waals surface area contributed by atoms with E-state index in [4.69, 9.17) is 30.2 Å². The van der Waals surface area contributed by atoms with Crippen molar-refractivity contribution in [3.8, 4) is 23.0 Å². The van der Waals surface area contributed by atoms with Crippen molar-refractivity contribution in [2.45, 2.75) is 13.5 Å². The van der Waals surface area contributed by atoms with Crippen molar-refractivity contribution in [2.75, 3.05) is 7.11 Å². The Hall–Kier alpha value is -3.51. The second-order valence-electron chi connectivity index (χ2n) is 6.74. The van der Waals surface area contributed by atoms with E-state index in [0.717, 1.165) is 0 Å². The van der Waals surface area contributed by atoms with E-state index in [9.17, 15) is 9.18 Å². The van der Waals surface area contributed by atoms with E-state index in [1.165, 1.54) is 12.1 Å². The predicted molar refractivity (Wildman–Crippen MR) is 116 cm³/mol. The van der Waals surface area contributed by atoms with Crippen LogP contribution in [0, 0.1) is 12.7 Å². The summed E-state index contributed by atoms with van der Waals surface area (Å²) in [7, 11) is 1.57. The number of aryl methyl sites for hydroxylation is 1. The molecule has 0 bridgehead atoms. The van der Waals surface area contributed by atoms with Crippen molar-refractivity contribution < 1.29 is 23.0 Å². The summed E-state index contributed by atoms with van der Waals surface area (Å²) in [6.45, 7) is 1.59. The second-order valence-corrected chi connectivity index (χ2v) is 7.15. The first kappa shape index (κ1) is 20.8. The molecule has 0 aliphatic heterocycles. The smallest absolute Gasteiger partial charge is 0.235 e. The second kappa shape index (κ2) is 8.70. The van der Waals surface area contributed by atoms with Crippen LogP contribution in [-0.2, 0) is 6.61 Å². The Morgan fingerprint density at radius 2 is 1.71 bits per heavy atom. The summed E-state index contributed by atoms with van der Waals surface area (Å²) in [5.41, 5.74) is 0.283. The van der Waals surface area contributed by atoms with Gasteiger partial charge in [0.2, 0.25) is 11.2 Å². The maximum Gasteiger partial charge on any atom is 0.235 e. The number of methoxy groups -OCH3 is 1. The summed E-state index contributed by atoms with van der Waals surface area (Å²) >= 11 is 6.03. The molecular weight excluding hydrogens is 423 g/mol. The Labute approximate surface area is 182 Å². The summed E-state index contributed by atoms with van der Waals surface area (Å²) < 4.78 is 36.3. The fraction of sp³-hybridized carbons (Fsp3) is 0.125. The van der Waals surface area contributed by atoms with Gasteiger partial charge in [0.25, 0.3) is 0 Å². The number of hydrogen-bond donors (Lipinski definition) is 0. The lowest BCUT2D eigenvalue weighted by Gasteiger charge is -2.11. The molecule has 0 aliphatic rings. The summed E-state index contributed by atoms with van der Waals surface area (Å²) in [6.07, 6.45) is 0. The van der Waals surface area contributed by atoms with Gasteiger partial charge < -0.3 is 18.6 Å². The molecule has 1 aromatic heterocycles. The zero-order valence-electron chi connectivity index (χ0n) is 16.8. The minimum atomic E-state index is -0.448. The van der Waals surface area contributed by atoms with Crippen molar-refractivity contribution in [3.63, 3.8) is 0 Å². The molecular formula is C24H18ClFO5. The number of rotatable bonds is 6. The third kappa shape index (κ3) is 4.34. The summed E-state index contributed by atoms with van der Waals surface area (Å²) in [5.74, 6) is 1.55. The Bertz CT molecular complexity index is 1280. The monoisotopic (exact) mass is 440 g/mol. The van der Waals surface area contributed by atoms with Gasteiger partial charge in [-0.25, -0.2) is 4.39 Å². The van der Waals surface area contributed by atoms with Crippen molar-refractivity contribution in [3.05, 3.63) is 93.1 Å². The fourth-order valence-electron chi connectivity index (χ4n) is 3.06. The Morgan fingerprint density at radius 1 is 1.00 bits per heavy atom. The lowest BCUT2D eigenvalue weighted by molar-refractivity contribution is 0.300. The highest BCUT2D eigenvalue weighted by Crippen LogP contribution is 2.29. The van der Waals surface area contributed by atoms with Gasteiger partial charge in [-0.1, -0.05) is 17.7 Å². The van der Waals surface area contributed by atoms with Crippen LogP contribution in [0.5, 0.6) is 23.0 Å². The van der Waals surface area contributed by atoms with Crippen LogP contribution in [0.1, 0.15) is 11.3 Å². The molecule has 0 fully saturated rings. The van der Waals surface area contributed by atoms with E-state index in [2.05, 4.69) is 0 Å². The van der Waals surface area contributed by atoms with E-state index in [1.807, 2.05) is 0 Å². The molecule has 0 atom stereocenters. The van der Waals surface area contributed by atoms with Crippen molar-refractivity contribution in [1.29, 1.82) is 0 Å². The van der Waals surface area contributed by atoms with Crippen LogP contribution in [0.2, 0.25) is 5.02 Å². The van der Waals surface area contributed by atoms with E-state index in [-0.39, 0.29) is 28.4 Å². The highest BCUT2D eigenvalue weighted by molar-refractivity contribution is 6.31. The molecule has 0 aliphatic carbocycles. The predicted octanol–water partition coefficient (Wildman–Crippen LogP) is 6.27. The van der Waals surface area contributed by atoms with Crippen molar-refractivity contribution in [2.24, 2.45) is 0 Å². The van der Waals surface area contributed by atoms with E-state index < -0.39 is 5.82 Å². The number of benzene rings is 3. The quantitative estimate of drug-likeness (QED) is 0.353. The summed E-state index contributed by atoms with van der Waals surface area (Å²) in [6, 6.07) is 16.1. The van der Waals surface area contributed by atoms with E-state index in [1.54, 1.807) is 62.6 Å². The topological polar surface area (TPSA) is 57.9 Å². The van der Waals surface area contributed by atoms with Gasteiger partial charge in [-0.05, 0) is 55.5 Å². The van der Waals surface area contributed by atoms with E-state index >= 15 is 0 Å². The van der Waals surface area contributed by atoms with Crippen LogP contribution >= 0.6 is 11.6 Å².